The van der Waals surface area contributed by atoms with Crippen molar-refractivity contribution in [2.24, 2.45) is 0 Å². The van der Waals surface area contributed by atoms with Gasteiger partial charge in [0.2, 0.25) is 0 Å². The highest BCUT2D eigenvalue weighted by atomic mass is 15.2. The molecule has 0 spiro atoms. The van der Waals surface area contributed by atoms with Crippen molar-refractivity contribution < 1.29 is 0 Å². The molecule has 3 heteroatoms. The molecule has 2 heterocycles. The molecule has 1 aromatic carbocycles. The summed E-state index contributed by atoms with van der Waals surface area (Å²) in [7, 11) is 0. The summed E-state index contributed by atoms with van der Waals surface area (Å²) in [5.74, 6) is 0.915. The number of aryl methyl sites for hydroxylation is 1. The average molecular weight is 249 g/mol. The third kappa shape index (κ3) is 2.06. The first-order chi connectivity index (χ1) is 9.29. The average Bonchev–Trinajstić information content (AvgIpc) is 2.47. The van der Waals surface area contributed by atoms with Crippen LogP contribution in [0.15, 0.2) is 42.6 Å². The Morgan fingerprint density at radius 2 is 2.11 bits per heavy atom. The van der Waals surface area contributed by atoms with Crippen molar-refractivity contribution in [2.75, 3.05) is 4.90 Å². The van der Waals surface area contributed by atoms with Crippen molar-refractivity contribution in [1.29, 1.82) is 5.26 Å². The topological polar surface area (TPSA) is 39.9 Å². The molecule has 3 nitrogen and oxygen atoms in total. The third-order valence-electron chi connectivity index (χ3n) is 3.65. The van der Waals surface area contributed by atoms with E-state index in [1.54, 1.807) is 6.20 Å². The number of pyridine rings is 1. The second-order valence-corrected chi connectivity index (χ2v) is 4.90. The molecule has 1 aliphatic heterocycles. The molecule has 0 bridgehead atoms. The normalized spacial score (nSPS) is 17.7. The molecule has 2 aromatic rings. The van der Waals surface area contributed by atoms with Crippen molar-refractivity contribution >= 4 is 11.5 Å². The zero-order valence-electron chi connectivity index (χ0n) is 10.9. The van der Waals surface area contributed by atoms with Crippen LogP contribution in [-0.4, -0.2) is 11.0 Å². The molecular weight excluding hydrogens is 234 g/mol. The lowest BCUT2D eigenvalue weighted by Gasteiger charge is -2.36. The van der Waals surface area contributed by atoms with Crippen molar-refractivity contribution in [3.63, 3.8) is 0 Å². The molecule has 94 valence electrons. The van der Waals surface area contributed by atoms with E-state index in [-0.39, 0.29) is 0 Å². The Balaban J connectivity index is 2.05. The van der Waals surface area contributed by atoms with Gasteiger partial charge in [0.25, 0.3) is 0 Å². The van der Waals surface area contributed by atoms with Crippen molar-refractivity contribution in [1.82, 2.24) is 4.98 Å². The fourth-order valence-corrected chi connectivity index (χ4v) is 2.63. The number of rotatable bonds is 1. The van der Waals surface area contributed by atoms with Crippen LogP contribution in [0, 0.1) is 11.3 Å². The molecule has 3 rings (SSSR count). The van der Waals surface area contributed by atoms with Gasteiger partial charge in [-0.3, -0.25) is 0 Å². The molecule has 0 aliphatic carbocycles. The lowest BCUT2D eigenvalue weighted by atomic mass is 9.96. The molecule has 0 amide bonds. The molecule has 0 saturated carbocycles. The van der Waals surface area contributed by atoms with Gasteiger partial charge in [-0.15, -0.1) is 0 Å². The summed E-state index contributed by atoms with van der Waals surface area (Å²) < 4.78 is 0. The second-order valence-electron chi connectivity index (χ2n) is 4.90. The van der Waals surface area contributed by atoms with Gasteiger partial charge in [-0.25, -0.2) is 4.98 Å². The van der Waals surface area contributed by atoms with Crippen molar-refractivity contribution in [3.05, 3.63) is 53.7 Å². The van der Waals surface area contributed by atoms with Gasteiger partial charge in [0.15, 0.2) is 0 Å². The predicted molar refractivity (Wildman–Crippen MR) is 75.3 cm³/mol. The molecule has 19 heavy (non-hydrogen) atoms. The Kier molecular flexibility index (Phi) is 2.92. The van der Waals surface area contributed by atoms with Crippen LogP contribution in [0.4, 0.5) is 11.5 Å². The maximum atomic E-state index is 8.84. The molecule has 0 fully saturated rings. The van der Waals surface area contributed by atoms with Gasteiger partial charge < -0.3 is 4.90 Å². The van der Waals surface area contributed by atoms with E-state index < -0.39 is 0 Å². The van der Waals surface area contributed by atoms with Crippen LogP contribution in [-0.2, 0) is 6.42 Å². The van der Waals surface area contributed by atoms with Crippen LogP contribution in [0.1, 0.15) is 24.5 Å². The molecule has 0 saturated heterocycles. The quantitative estimate of drug-likeness (QED) is 0.777. The van der Waals surface area contributed by atoms with Crippen LogP contribution in [0.2, 0.25) is 0 Å². The lowest BCUT2D eigenvalue weighted by molar-refractivity contribution is 0.613. The number of anilines is 2. The number of fused-ring (bicyclic) bond motifs is 1. The zero-order chi connectivity index (χ0) is 13.2. The number of nitrogens with zero attached hydrogens (tertiary/aromatic N) is 3. The summed E-state index contributed by atoms with van der Waals surface area (Å²) in [5.41, 5.74) is 3.20. The largest absolute Gasteiger partial charge is 0.323 e. The predicted octanol–water partition coefficient (Wildman–Crippen LogP) is 3.43. The van der Waals surface area contributed by atoms with Gasteiger partial charge in [0.1, 0.15) is 11.9 Å². The first kappa shape index (κ1) is 11.7. The van der Waals surface area contributed by atoms with E-state index in [2.05, 4.69) is 47.1 Å². The Bertz CT molecular complexity index is 625. The number of para-hydroxylation sites is 1. The van der Waals surface area contributed by atoms with E-state index in [4.69, 9.17) is 5.26 Å². The summed E-state index contributed by atoms with van der Waals surface area (Å²) in [4.78, 5) is 6.69. The van der Waals surface area contributed by atoms with Crippen molar-refractivity contribution in [3.8, 4) is 6.07 Å². The third-order valence-corrected chi connectivity index (χ3v) is 3.65. The van der Waals surface area contributed by atoms with E-state index in [9.17, 15) is 0 Å². The van der Waals surface area contributed by atoms with Crippen LogP contribution in [0.3, 0.4) is 0 Å². The summed E-state index contributed by atoms with van der Waals surface area (Å²) in [5, 5.41) is 8.84. The highest BCUT2D eigenvalue weighted by molar-refractivity contribution is 5.66. The van der Waals surface area contributed by atoms with Gasteiger partial charge in [-0.05, 0) is 43.5 Å². The number of hydrogen-bond acceptors (Lipinski definition) is 3. The molecule has 1 aromatic heterocycles. The molecule has 0 N–H and O–H groups in total. The van der Waals surface area contributed by atoms with E-state index in [1.807, 2.05) is 12.1 Å². The summed E-state index contributed by atoms with van der Waals surface area (Å²) in [6.07, 6.45) is 3.88. The molecule has 0 radical (unpaired) electrons. The SMILES string of the molecule is CC1CCc2ccccc2N1c1ccc(C#N)cn1. The number of nitriles is 1. The smallest absolute Gasteiger partial charge is 0.133 e. The van der Waals surface area contributed by atoms with E-state index in [0.717, 1.165) is 18.7 Å². The van der Waals surface area contributed by atoms with Crippen LogP contribution in [0.25, 0.3) is 0 Å². The molecular formula is C16H15N3. The van der Waals surface area contributed by atoms with E-state index >= 15 is 0 Å². The minimum absolute atomic E-state index is 0.426. The van der Waals surface area contributed by atoms with Gasteiger partial charge in [-0.2, -0.15) is 5.26 Å². The minimum atomic E-state index is 0.426. The lowest BCUT2D eigenvalue weighted by Crippen LogP contribution is -2.33. The fourth-order valence-electron chi connectivity index (χ4n) is 2.63. The minimum Gasteiger partial charge on any atom is -0.323 e. The number of benzene rings is 1. The maximum Gasteiger partial charge on any atom is 0.133 e. The summed E-state index contributed by atoms with van der Waals surface area (Å²) in [6.45, 7) is 2.22. The van der Waals surface area contributed by atoms with Gasteiger partial charge in [0.05, 0.1) is 5.56 Å². The Morgan fingerprint density at radius 3 is 2.84 bits per heavy atom. The highest BCUT2D eigenvalue weighted by Crippen LogP contribution is 2.35. The zero-order valence-corrected chi connectivity index (χ0v) is 10.9. The summed E-state index contributed by atoms with van der Waals surface area (Å²) in [6, 6.07) is 14.8. The Labute approximate surface area is 113 Å². The standard InChI is InChI=1S/C16H15N3/c1-12-6-8-14-4-2-3-5-15(14)19(12)16-9-7-13(10-17)11-18-16/h2-5,7,9,11-12H,6,8H2,1H3. The maximum absolute atomic E-state index is 8.84. The van der Waals surface area contributed by atoms with Crippen LogP contribution in [0.5, 0.6) is 0 Å². The first-order valence-corrected chi connectivity index (χ1v) is 6.53. The fraction of sp³-hybridized carbons (Fsp3) is 0.250. The Morgan fingerprint density at radius 1 is 1.26 bits per heavy atom. The highest BCUT2D eigenvalue weighted by Gasteiger charge is 2.24. The second kappa shape index (κ2) is 4.74. The number of hydrogen-bond donors (Lipinski definition) is 0. The van der Waals surface area contributed by atoms with Crippen LogP contribution < -0.4 is 4.90 Å². The van der Waals surface area contributed by atoms with Gasteiger partial charge >= 0.3 is 0 Å². The molecule has 1 atom stereocenters. The van der Waals surface area contributed by atoms with E-state index in [1.165, 1.54) is 11.3 Å². The van der Waals surface area contributed by atoms with Crippen LogP contribution >= 0.6 is 0 Å². The van der Waals surface area contributed by atoms with Crippen molar-refractivity contribution in [2.45, 2.75) is 25.8 Å². The Hall–Kier alpha value is -2.34. The van der Waals surface area contributed by atoms with Gasteiger partial charge in [0, 0.05) is 17.9 Å². The van der Waals surface area contributed by atoms with Gasteiger partial charge in [-0.1, -0.05) is 18.2 Å². The van der Waals surface area contributed by atoms with E-state index in [0.29, 0.717) is 11.6 Å². The monoisotopic (exact) mass is 249 g/mol. The summed E-state index contributed by atoms with van der Waals surface area (Å²) >= 11 is 0. The molecule has 1 unspecified atom stereocenters. The number of aromatic nitrogens is 1. The first-order valence-electron chi connectivity index (χ1n) is 6.53. The molecule has 1 aliphatic rings.